The molecular formula is C25H22F3N2O4S2+. The number of para-hydroxylation sites is 2. The number of hydrogen-bond acceptors (Lipinski definition) is 5. The maximum atomic E-state index is 13.7. The van der Waals surface area contributed by atoms with Crippen molar-refractivity contribution >= 4 is 26.3 Å². The van der Waals surface area contributed by atoms with Crippen molar-refractivity contribution < 1.29 is 31.1 Å². The van der Waals surface area contributed by atoms with Gasteiger partial charge in [-0.1, -0.05) is 32.0 Å². The van der Waals surface area contributed by atoms with Gasteiger partial charge in [0.1, 0.15) is 16.8 Å². The molecule has 1 atom stereocenters. The van der Waals surface area contributed by atoms with E-state index < -0.39 is 44.1 Å². The van der Waals surface area contributed by atoms with Crippen LogP contribution in [0.5, 0.6) is 5.75 Å². The molecule has 0 N–H and O–H groups in total. The quantitative estimate of drug-likeness (QED) is 0.165. The summed E-state index contributed by atoms with van der Waals surface area (Å²) >= 11 is 0. The van der Waals surface area contributed by atoms with Gasteiger partial charge in [0.25, 0.3) is 0 Å². The van der Waals surface area contributed by atoms with Crippen LogP contribution in [0.25, 0.3) is 21.2 Å². The summed E-state index contributed by atoms with van der Waals surface area (Å²) in [6.07, 6.45) is -3.62. The second-order valence-corrected chi connectivity index (χ2v) is 12.2. The number of ether oxygens (including phenoxy) is 1. The number of hydrogen-bond donors (Lipinski definition) is 0. The van der Waals surface area contributed by atoms with Gasteiger partial charge in [-0.3, -0.25) is 4.79 Å². The van der Waals surface area contributed by atoms with Gasteiger partial charge in [-0.25, -0.2) is 13.1 Å². The largest absolute Gasteiger partial charge is 0.435 e. The molecule has 2 aromatic heterocycles. The molecule has 188 valence electrons. The molecule has 0 spiro atoms. The van der Waals surface area contributed by atoms with Crippen LogP contribution >= 0.6 is 10.5 Å². The summed E-state index contributed by atoms with van der Waals surface area (Å²) in [5.74, 6) is -0.915. The summed E-state index contributed by atoms with van der Waals surface area (Å²) < 4.78 is 71.9. The van der Waals surface area contributed by atoms with Crippen LogP contribution in [-0.2, 0) is 20.8 Å². The minimum absolute atomic E-state index is 0.0692. The number of sulfone groups is 1. The second-order valence-electron chi connectivity index (χ2n) is 8.31. The van der Waals surface area contributed by atoms with Gasteiger partial charge in [0.15, 0.2) is 26.2 Å². The summed E-state index contributed by atoms with van der Waals surface area (Å²) in [7, 11) is -4.35. The SMILES string of the molecule is CC(C)C(=O)Oc1ccccc1-n1nc(C(F)(F)F)cc1-c1ccc[s+]1-c1cccc(S(C)(=O)=O)c1. The number of nitrogens with zero attached hydrogens (tertiary/aromatic N) is 2. The zero-order valence-electron chi connectivity index (χ0n) is 19.5. The molecular weight excluding hydrogens is 513 g/mol. The number of carbonyl (C=O) groups excluding carboxylic acids is 1. The van der Waals surface area contributed by atoms with Gasteiger partial charge in [-0.05, 0) is 30.3 Å². The first-order valence-corrected chi connectivity index (χ1v) is 13.9. The molecule has 0 radical (unpaired) electrons. The van der Waals surface area contributed by atoms with Crippen LogP contribution in [-0.4, -0.2) is 30.4 Å². The molecule has 2 heterocycles. The molecule has 0 fully saturated rings. The van der Waals surface area contributed by atoms with Gasteiger partial charge in [0, 0.05) is 34.9 Å². The van der Waals surface area contributed by atoms with Crippen LogP contribution in [0.15, 0.2) is 77.0 Å². The minimum atomic E-state index is -4.72. The molecule has 0 amide bonds. The number of halogens is 3. The fourth-order valence-electron chi connectivity index (χ4n) is 3.42. The van der Waals surface area contributed by atoms with E-state index in [0.717, 1.165) is 17.0 Å². The third-order valence-corrected chi connectivity index (χ3v) is 8.33. The first-order valence-electron chi connectivity index (χ1n) is 10.8. The van der Waals surface area contributed by atoms with Gasteiger partial charge in [-0.2, -0.15) is 18.3 Å². The molecule has 0 bridgehead atoms. The molecule has 6 nitrogen and oxygen atoms in total. The maximum absolute atomic E-state index is 13.7. The van der Waals surface area contributed by atoms with E-state index in [0.29, 0.717) is 9.77 Å². The normalized spacial score (nSPS) is 12.7. The van der Waals surface area contributed by atoms with Gasteiger partial charge in [0.2, 0.25) is 4.88 Å². The van der Waals surface area contributed by atoms with Gasteiger partial charge >= 0.3 is 12.1 Å². The Kier molecular flexibility index (Phi) is 6.80. The molecule has 0 aliphatic carbocycles. The summed E-state index contributed by atoms with van der Waals surface area (Å²) in [4.78, 5) is 13.5. The lowest BCUT2D eigenvalue weighted by atomic mass is 10.2. The summed E-state index contributed by atoms with van der Waals surface area (Å²) in [6.45, 7) is 3.30. The molecule has 2 aromatic carbocycles. The summed E-state index contributed by atoms with van der Waals surface area (Å²) in [6, 6.07) is 16.9. The molecule has 0 aliphatic heterocycles. The Morgan fingerprint density at radius 3 is 2.42 bits per heavy atom. The van der Waals surface area contributed by atoms with Gasteiger partial charge < -0.3 is 4.74 Å². The Morgan fingerprint density at radius 1 is 1.03 bits per heavy atom. The van der Waals surface area contributed by atoms with Crippen LogP contribution in [0.2, 0.25) is 0 Å². The fourth-order valence-corrected chi connectivity index (χ4v) is 6.03. The van der Waals surface area contributed by atoms with Crippen molar-refractivity contribution in [3.63, 3.8) is 0 Å². The highest BCUT2D eigenvalue weighted by Gasteiger charge is 2.37. The molecule has 0 saturated carbocycles. The molecule has 4 aromatic rings. The van der Waals surface area contributed by atoms with E-state index in [1.165, 1.54) is 24.3 Å². The van der Waals surface area contributed by atoms with Crippen LogP contribution in [0.1, 0.15) is 19.5 Å². The molecule has 0 aliphatic rings. The monoisotopic (exact) mass is 535 g/mol. The number of thiophene rings is 1. The molecule has 0 saturated heterocycles. The van der Waals surface area contributed by atoms with Crippen molar-refractivity contribution in [3.05, 3.63) is 77.8 Å². The Balaban J connectivity index is 1.92. The zero-order valence-corrected chi connectivity index (χ0v) is 21.1. The lowest BCUT2D eigenvalue weighted by Gasteiger charge is -2.13. The molecule has 1 unspecified atom stereocenters. The van der Waals surface area contributed by atoms with E-state index in [-0.39, 0.29) is 22.0 Å². The number of benzene rings is 2. The van der Waals surface area contributed by atoms with Crippen molar-refractivity contribution in [2.45, 2.75) is 24.9 Å². The molecule has 4 rings (SSSR count). The van der Waals surface area contributed by atoms with E-state index in [1.54, 1.807) is 55.6 Å². The Labute approximate surface area is 208 Å². The smallest absolute Gasteiger partial charge is 0.424 e. The Morgan fingerprint density at radius 2 is 1.75 bits per heavy atom. The van der Waals surface area contributed by atoms with Crippen molar-refractivity contribution in [1.82, 2.24) is 9.78 Å². The average Bonchev–Trinajstić information content (AvgIpc) is 3.46. The highest BCUT2D eigenvalue weighted by molar-refractivity contribution is 7.90. The maximum Gasteiger partial charge on any atom is 0.435 e. The van der Waals surface area contributed by atoms with Crippen molar-refractivity contribution in [2.75, 3.05) is 6.26 Å². The van der Waals surface area contributed by atoms with Crippen LogP contribution in [0, 0.1) is 5.92 Å². The van der Waals surface area contributed by atoms with E-state index in [9.17, 15) is 26.4 Å². The zero-order chi connectivity index (χ0) is 26.3. The van der Waals surface area contributed by atoms with E-state index >= 15 is 0 Å². The third kappa shape index (κ3) is 5.21. The second kappa shape index (κ2) is 9.55. The Hall–Kier alpha value is -3.44. The first-order chi connectivity index (χ1) is 16.9. The minimum Gasteiger partial charge on any atom is -0.424 e. The topological polar surface area (TPSA) is 78.3 Å². The fraction of sp³-hybridized carbons (Fsp3) is 0.200. The van der Waals surface area contributed by atoms with E-state index in [1.807, 2.05) is 0 Å². The van der Waals surface area contributed by atoms with Crippen molar-refractivity contribution in [2.24, 2.45) is 5.92 Å². The number of esters is 1. The summed E-state index contributed by atoms with van der Waals surface area (Å²) in [5, 5.41) is 5.63. The van der Waals surface area contributed by atoms with Crippen LogP contribution in [0.4, 0.5) is 13.2 Å². The number of alkyl halides is 3. The lowest BCUT2D eigenvalue weighted by molar-refractivity contribution is -0.141. The van der Waals surface area contributed by atoms with Crippen molar-refractivity contribution in [3.8, 4) is 26.9 Å². The lowest BCUT2D eigenvalue weighted by Crippen LogP contribution is -2.16. The predicted octanol–water partition coefficient (Wildman–Crippen LogP) is 6.26. The highest BCUT2D eigenvalue weighted by atomic mass is 32.2. The Bertz CT molecular complexity index is 1540. The van der Waals surface area contributed by atoms with Crippen LogP contribution < -0.4 is 4.74 Å². The first kappa shape index (κ1) is 25.6. The number of carbonyl (C=O) groups is 1. The van der Waals surface area contributed by atoms with Gasteiger partial charge in [-0.15, -0.1) is 0 Å². The van der Waals surface area contributed by atoms with Crippen LogP contribution in [0.3, 0.4) is 0 Å². The van der Waals surface area contributed by atoms with Gasteiger partial charge in [0.05, 0.1) is 10.8 Å². The van der Waals surface area contributed by atoms with E-state index in [4.69, 9.17) is 4.74 Å². The highest BCUT2D eigenvalue weighted by Crippen LogP contribution is 2.45. The molecule has 36 heavy (non-hydrogen) atoms. The summed E-state index contributed by atoms with van der Waals surface area (Å²) in [5.41, 5.74) is -0.796. The van der Waals surface area contributed by atoms with E-state index in [2.05, 4.69) is 5.10 Å². The standard InChI is InChI=1S/C25H22F3N2O4S2/c1-16(2)24(31)34-21-11-5-4-10-19(21)30-20(15-23(29-30)25(26,27)28)22-12-7-13-35(22)17-8-6-9-18(14-17)36(3,32)33/h4-16H,1-3H3/q+1. The number of rotatable bonds is 6. The number of aromatic nitrogens is 2. The predicted molar refractivity (Wildman–Crippen MR) is 131 cm³/mol. The average molecular weight is 536 g/mol. The molecule has 11 heteroatoms. The van der Waals surface area contributed by atoms with Crippen molar-refractivity contribution in [1.29, 1.82) is 0 Å². The third-order valence-electron chi connectivity index (χ3n) is 5.21.